The molecule has 1 N–H and O–H groups in total. The molecule has 2 aromatic carbocycles. The highest BCUT2D eigenvalue weighted by atomic mass is 32.2. The zero-order valence-electron chi connectivity index (χ0n) is 16.7. The van der Waals surface area contributed by atoms with Crippen LogP contribution in [-0.4, -0.2) is 27.4 Å². The minimum atomic E-state index is -3.83. The molecule has 0 aliphatic carbocycles. The van der Waals surface area contributed by atoms with Crippen molar-refractivity contribution in [3.8, 4) is 0 Å². The van der Waals surface area contributed by atoms with Gasteiger partial charge in [0.1, 0.15) is 6.54 Å². The first-order valence-corrected chi connectivity index (χ1v) is 11.3. The second-order valence-corrected chi connectivity index (χ2v) is 8.74. The van der Waals surface area contributed by atoms with Gasteiger partial charge < -0.3 is 5.32 Å². The number of unbranched alkanes of at least 4 members (excludes halogenated alkanes) is 1. The summed E-state index contributed by atoms with van der Waals surface area (Å²) in [6, 6.07) is 16.9. The number of anilines is 1. The number of benzene rings is 2. The van der Waals surface area contributed by atoms with Gasteiger partial charge in [0.25, 0.3) is 10.0 Å². The highest BCUT2D eigenvalue weighted by Gasteiger charge is 2.27. The number of sulfonamides is 1. The van der Waals surface area contributed by atoms with E-state index < -0.39 is 10.0 Å². The Labute approximate surface area is 168 Å². The molecular formula is C22H30N2O3S. The zero-order chi connectivity index (χ0) is 20.4. The molecule has 2 rings (SSSR count). The minimum Gasteiger partial charge on any atom is -0.354 e. The second kappa shape index (κ2) is 10.9. The largest absolute Gasteiger partial charge is 0.354 e. The van der Waals surface area contributed by atoms with E-state index >= 15 is 0 Å². The highest BCUT2D eigenvalue weighted by Crippen LogP contribution is 2.23. The summed E-state index contributed by atoms with van der Waals surface area (Å²) in [4.78, 5) is 12.7. The average molecular weight is 403 g/mol. The van der Waals surface area contributed by atoms with Gasteiger partial charge in [0, 0.05) is 6.54 Å². The lowest BCUT2D eigenvalue weighted by Crippen LogP contribution is -2.42. The monoisotopic (exact) mass is 402 g/mol. The predicted octanol–water partition coefficient (Wildman–Crippen LogP) is 4.21. The molecule has 0 aromatic heterocycles. The van der Waals surface area contributed by atoms with Gasteiger partial charge in [-0.1, -0.05) is 69.5 Å². The molecule has 0 fully saturated rings. The van der Waals surface area contributed by atoms with E-state index in [-0.39, 0.29) is 17.3 Å². The number of carbonyl (C=O) groups excluding carboxylic acids is 1. The summed E-state index contributed by atoms with van der Waals surface area (Å²) in [6.07, 6.45) is 4.32. The Morgan fingerprint density at radius 3 is 2.18 bits per heavy atom. The lowest BCUT2D eigenvalue weighted by atomic mass is 9.99. The van der Waals surface area contributed by atoms with E-state index in [1.54, 1.807) is 54.6 Å². The maximum absolute atomic E-state index is 13.1. The fourth-order valence-electron chi connectivity index (χ4n) is 3.02. The number of amides is 1. The fraction of sp³-hybridized carbons (Fsp3) is 0.409. The van der Waals surface area contributed by atoms with E-state index in [2.05, 4.69) is 19.2 Å². The van der Waals surface area contributed by atoms with Crippen molar-refractivity contribution >= 4 is 21.6 Å². The fourth-order valence-corrected chi connectivity index (χ4v) is 4.46. The molecule has 0 radical (unpaired) electrons. The molecular weight excluding hydrogens is 372 g/mol. The maximum Gasteiger partial charge on any atom is 0.264 e. The molecule has 1 atom stereocenters. The van der Waals surface area contributed by atoms with Crippen LogP contribution in [0.2, 0.25) is 0 Å². The van der Waals surface area contributed by atoms with E-state index in [0.717, 1.165) is 25.7 Å². The van der Waals surface area contributed by atoms with Crippen LogP contribution >= 0.6 is 0 Å². The normalized spacial score (nSPS) is 12.4. The molecule has 0 unspecified atom stereocenters. The van der Waals surface area contributed by atoms with Crippen molar-refractivity contribution in [1.82, 2.24) is 5.32 Å². The van der Waals surface area contributed by atoms with Crippen molar-refractivity contribution in [2.45, 2.75) is 44.4 Å². The number of hydrogen-bond donors (Lipinski definition) is 1. The molecule has 0 bridgehead atoms. The van der Waals surface area contributed by atoms with Crippen LogP contribution in [0.1, 0.15) is 39.5 Å². The minimum absolute atomic E-state index is 0.168. The summed E-state index contributed by atoms with van der Waals surface area (Å²) >= 11 is 0. The Bertz CT molecular complexity index is 823. The van der Waals surface area contributed by atoms with Crippen LogP contribution in [-0.2, 0) is 14.8 Å². The summed E-state index contributed by atoms with van der Waals surface area (Å²) in [5.41, 5.74) is 0.472. The van der Waals surface area contributed by atoms with Crippen LogP contribution < -0.4 is 9.62 Å². The van der Waals surface area contributed by atoms with E-state index in [1.165, 1.54) is 4.31 Å². The topological polar surface area (TPSA) is 66.5 Å². The number of para-hydroxylation sites is 1. The van der Waals surface area contributed by atoms with Crippen molar-refractivity contribution in [3.05, 3.63) is 60.7 Å². The number of nitrogens with zero attached hydrogens (tertiary/aromatic N) is 1. The Morgan fingerprint density at radius 2 is 1.61 bits per heavy atom. The third-order valence-corrected chi connectivity index (χ3v) is 6.58. The number of hydrogen-bond acceptors (Lipinski definition) is 3. The van der Waals surface area contributed by atoms with Gasteiger partial charge >= 0.3 is 0 Å². The molecule has 0 saturated heterocycles. The van der Waals surface area contributed by atoms with Gasteiger partial charge in [-0.3, -0.25) is 9.10 Å². The first kappa shape index (κ1) is 22.0. The maximum atomic E-state index is 13.1. The first-order valence-electron chi connectivity index (χ1n) is 9.88. The Morgan fingerprint density at radius 1 is 1.00 bits per heavy atom. The number of nitrogens with one attached hydrogen (secondary N) is 1. The van der Waals surface area contributed by atoms with Crippen molar-refractivity contribution in [2.75, 3.05) is 17.4 Å². The van der Waals surface area contributed by atoms with E-state index in [9.17, 15) is 13.2 Å². The number of rotatable bonds is 11. The second-order valence-electron chi connectivity index (χ2n) is 6.88. The third kappa shape index (κ3) is 6.09. The molecule has 152 valence electrons. The van der Waals surface area contributed by atoms with Crippen LogP contribution in [0.4, 0.5) is 5.69 Å². The standard InChI is InChI=1S/C22H30N2O3S/c1-3-5-12-19(4-2)17-23-22(25)18-24(20-13-8-6-9-14-20)28(26,27)21-15-10-7-11-16-21/h6-11,13-16,19H,3-5,12,17-18H2,1-2H3,(H,23,25)/t19-/m0/s1. The molecule has 6 heteroatoms. The Balaban J connectivity index is 2.16. The summed E-state index contributed by atoms with van der Waals surface area (Å²) in [7, 11) is -3.83. The van der Waals surface area contributed by atoms with Gasteiger partial charge in [-0.15, -0.1) is 0 Å². The lowest BCUT2D eigenvalue weighted by Gasteiger charge is -2.24. The van der Waals surface area contributed by atoms with Crippen molar-refractivity contribution in [2.24, 2.45) is 5.92 Å². The quantitative estimate of drug-likeness (QED) is 0.612. The summed E-state index contributed by atoms with van der Waals surface area (Å²) in [5, 5.41) is 2.92. The van der Waals surface area contributed by atoms with Crippen molar-refractivity contribution in [3.63, 3.8) is 0 Å². The van der Waals surface area contributed by atoms with Crippen LogP contribution in [0.25, 0.3) is 0 Å². The summed E-state index contributed by atoms with van der Waals surface area (Å²) < 4.78 is 27.5. The molecule has 0 saturated carbocycles. The highest BCUT2D eigenvalue weighted by molar-refractivity contribution is 7.92. The Hall–Kier alpha value is -2.34. The van der Waals surface area contributed by atoms with Gasteiger partial charge in [-0.05, 0) is 36.6 Å². The first-order chi connectivity index (χ1) is 13.5. The van der Waals surface area contributed by atoms with Gasteiger partial charge in [0.15, 0.2) is 0 Å². The van der Waals surface area contributed by atoms with Gasteiger partial charge in [-0.25, -0.2) is 8.42 Å². The third-order valence-electron chi connectivity index (χ3n) is 4.79. The zero-order valence-corrected chi connectivity index (χ0v) is 17.5. The molecule has 0 spiro atoms. The molecule has 2 aromatic rings. The van der Waals surface area contributed by atoms with Crippen LogP contribution in [0.5, 0.6) is 0 Å². The van der Waals surface area contributed by atoms with Crippen molar-refractivity contribution < 1.29 is 13.2 Å². The molecule has 28 heavy (non-hydrogen) atoms. The van der Waals surface area contributed by atoms with Crippen LogP contribution in [0, 0.1) is 5.92 Å². The molecule has 0 aliphatic rings. The molecule has 5 nitrogen and oxygen atoms in total. The Kier molecular flexibility index (Phi) is 8.51. The predicted molar refractivity (Wildman–Crippen MR) is 114 cm³/mol. The molecule has 0 heterocycles. The average Bonchev–Trinajstić information content (AvgIpc) is 2.73. The molecule has 1 amide bonds. The van der Waals surface area contributed by atoms with Crippen LogP contribution in [0.3, 0.4) is 0 Å². The van der Waals surface area contributed by atoms with E-state index in [0.29, 0.717) is 18.2 Å². The van der Waals surface area contributed by atoms with E-state index in [1.807, 2.05) is 6.07 Å². The number of carbonyl (C=O) groups is 1. The summed E-state index contributed by atoms with van der Waals surface area (Å²) in [5.74, 6) is 0.123. The van der Waals surface area contributed by atoms with Crippen LogP contribution in [0.15, 0.2) is 65.6 Å². The smallest absolute Gasteiger partial charge is 0.264 e. The van der Waals surface area contributed by atoms with E-state index in [4.69, 9.17) is 0 Å². The van der Waals surface area contributed by atoms with Crippen molar-refractivity contribution in [1.29, 1.82) is 0 Å². The van der Waals surface area contributed by atoms with Gasteiger partial charge in [0.05, 0.1) is 10.6 Å². The lowest BCUT2D eigenvalue weighted by molar-refractivity contribution is -0.119. The summed E-state index contributed by atoms with van der Waals surface area (Å²) in [6.45, 7) is 4.59. The molecule has 0 aliphatic heterocycles. The van der Waals surface area contributed by atoms with Gasteiger partial charge in [-0.2, -0.15) is 0 Å². The van der Waals surface area contributed by atoms with Gasteiger partial charge in [0.2, 0.25) is 5.91 Å². The SMILES string of the molecule is CCCC[C@H](CC)CNC(=O)CN(c1ccccc1)S(=O)(=O)c1ccccc1.